The molecule has 29 heavy (non-hydrogen) atoms. The van der Waals surface area contributed by atoms with E-state index in [1.807, 2.05) is 42.5 Å². The Morgan fingerprint density at radius 1 is 0.828 bits per heavy atom. The molecule has 2 aromatic carbocycles. The van der Waals surface area contributed by atoms with E-state index in [9.17, 15) is 0 Å². The Morgan fingerprint density at radius 3 is 2.52 bits per heavy atom. The van der Waals surface area contributed by atoms with Gasteiger partial charge in [-0.25, -0.2) is 4.98 Å². The number of ether oxygens (including phenoxy) is 2. The first-order chi connectivity index (χ1) is 14.3. The molecule has 0 N–H and O–H groups in total. The zero-order valence-corrected chi connectivity index (χ0v) is 17.6. The second kappa shape index (κ2) is 11.3. The summed E-state index contributed by atoms with van der Waals surface area (Å²) < 4.78 is 11.5. The lowest BCUT2D eigenvalue weighted by Crippen LogP contribution is -1.99. The fourth-order valence-electron chi connectivity index (χ4n) is 3.33. The molecule has 3 rings (SSSR count). The zero-order valence-electron chi connectivity index (χ0n) is 17.6. The Labute approximate surface area is 174 Å². The average Bonchev–Trinajstić information content (AvgIpc) is 2.77. The van der Waals surface area contributed by atoms with Gasteiger partial charge in [0.1, 0.15) is 0 Å². The van der Waals surface area contributed by atoms with Crippen molar-refractivity contribution in [3.8, 4) is 11.5 Å². The van der Waals surface area contributed by atoms with Crippen molar-refractivity contribution in [3.05, 3.63) is 65.9 Å². The van der Waals surface area contributed by atoms with Crippen LogP contribution in [0, 0.1) is 0 Å². The van der Waals surface area contributed by atoms with Crippen molar-refractivity contribution in [2.24, 2.45) is 0 Å². The predicted molar refractivity (Wildman–Crippen MR) is 123 cm³/mol. The Hall–Kier alpha value is -2.81. The predicted octanol–water partition coefficient (Wildman–Crippen LogP) is 7.15. The van der Waals surface area contributed by atoms with Crippen LogP contribution in [0.25, 0.3) is 23.1 Å². The van der Waals surface area contributed by atoms with E-state index >= 15 is 0 Å². The molecule has 0 saturated carbocycles. The molecule has 0 bridgehead atoms. The molecule has 3 aromatic rings. The third-order valence-corrected chi connectivity index (χ3v) is 5.01. The number of hydrogen-bond acceptors (Lipinski definition) is 3. The highest BCUT2D eigenvalue weighted by Gasteiger charge is 2.05. The maximum absolute atomic E-state index is 5.94. The van der Waals surface area contributed by atoms with Crippen LogP contribution in [-0.2, 0) is 0 Å². The van der Waals surface area contributed by atoms with Crippen LogP contribution >= 0.6 is 0 Å². The van der Waals surface area contributed by atoms with Crippen molar-refractivity contribution >= 4 is 23.1 Å². The van der Waals surface area contributed by atoms with E-state index in [2.05, 4.69) is 36.2 Å². The summed E-state index contributed by atoms with van der Waals surface area (Å²) in [5, 5.41) is 1.15. The molecule has 152 valence electrons. The summed E-state index contributed by atoms with van der Waals surface area (Å²) in [6.07, 6.45) is 11.6. The highest BCUT2D eigenvalue weighted by molar-refractivity contribution is 5.80. The van der Waals surface area contributed by atoms with Crippen LogP contribution in [0.1, 0.15) is 56.7 Å². The van der Waals surface area contributed by atoms with Crippen LogP contribution in [0.5, 0.6) is 11.5 Å². The van der Waals surface area contributed by atoms with Crippen molar-refractivity contribution in [2.45, 2.75) is 45.4 Å². The van der Waals surface area contributed by atoms with Gasteiger partial charge in [-0.3, -0.25) is 0 Å². The number of unbranched alkanes of at least 4 members (excludes halogenated alkanes) is 5. The summed E-state index contributed by atoms with van der Waals surface area (Å²) in [4.78, 5) is 4.68. The standard InChI is InChI=1S/C26H31NO2/c1-3-4-5-6-7-10-19-29-25-18-14-21(20-26(25)28-2)13-16-23-17-15-22-11-8-9-12-24(22)27-23/h8-9,11-18,20H,3-7,10,19H2,1-2H3. The smallest absolute Gasteiger partial charge is 0.161 e. The number of benzene rings is 2. The topological polar surface area (TPSA) is 31.4 Å². The minimum absolute atomic E-state index is 0.735. The number of para-hydroxylation sites is 1. The number of hydrogen-bond donors (Lipinski definition) is 0. The molecule has 3 nitrogen and oxygen atoms in total. The Bertz CT molecular complexity index is 933. The summed E-state index contributed by atoms with van der Waals surface area (Å²) >= 11 is 0. The normalized spacial score (nSPS) is 11.2. The molecule has 3 heteroatoms. The van der Waals surface area contributed by atoms with Crippen LogP contribution in [-0.4, -0.2) is 18.7 Å². The number of rotatable bonds is 11. The molecule has 0 radical (unpaired) electrons. The summed E-state index contributed by atoms with van der Waals surface area (Å²) in [5.74, 6) is 1.58. The van der Waals surface area contributed by atoms with E-state index in [0.717, 1.165) is 46.7 Å². The molecule has 0 unspecified atom stereocenters. The molecule has 0 atom stereocenters. The molecule has 1 aromatic heterocycles. The highest BCUT2D eigenvalue weighted by Crippen LogP contribution is 2.29. The second-order valence-electron chi connectivity index (χ2n) is 7.29. The lowest BCUT2D eigenvalue weighted by molar-refractivity contribution is 0.284. The molecule has 0 spiro atoms. The van der Waals surface area contributed by atoms with Crippen molar-refractivity contribution in [1.29, 1.82) is 0 Å². The maximum atomic E-state index is 5.94. The molecule has 1 heterocycles. The zero-order chi connectivity index (χ0) is 20.3. The van der Waals surface area contributed by atoms with Crippen LogP contribution in [0.4, 0.5) is 0 Å². The number of nitrogens with zero attached hydrogens (tertiary/aromatic N) is 1. The van der Waals surface area contributed by atoms with Gasteiger partial charge in [0.05, 0.1) is 24.9 Å². The second-order valence-corrected chi connectivity index (χ2v) is 7.29. The third-order valence-electron chi connectivity index (χ3n) is 5.01. The van der Waals surface area contributed by atoms with E-state index in [4.69, 9.17) is 9.47 Å². The summed E-state index contributed by atoms with van der Waals surface area (Å²) in [6, 6.07) is 18.3. The van der Waals surface area contributed by atoms with Gasteiger partial charge in [-0.1, -0.05) is 75.4 Å². The van der Waals surface area contributed by atoms with Crippen LogP contribution in [0.15, 0.2) is 54.6 Å². The fraction of sp³-hybridized carbons (Fsp3) is 0.346. The third kappa shape index (κ3) is 6.35. The van der Waals surface area contributed by atoms with Gasteiger partial charge in [0.25, 0.3) is 0 Å². The lowest BCUT2D eigenvalue weighted by Gasteiger charge is -2.11. The largest absolute Gasteiger partial charge is 0.493 e. The molecule has 0 aliphatic carbocycles. The van der Waals surface area contributed by atoms with E-state index in [1.165, 1.54) is 32.1 Å². The Morgan fingerprint density at radius 2 is 1.66 bits per heavy atom. The van der Waals surface area contributed by atoms with E-state index in [0.29, 0.717) is 0 Å². The van der Waals surface area contributed by atoms with Crippen molar-refractivity contribution in [2.75, 3.05) is 13.7 Å². The number of pyridine rings is 1. The molecule has 0 aliphatic heterocycles. The van der Waals surface area contributed by atoms with Crippen molar-refractivity contribution in [3.63, 3.8) is 0 Å². The van der Waals surface area contributed by atoms with Gasteiger partial charge >= 0.3 is 0 Å². The summed E-state index contributed by atoms with van der Waals surface area (Å²) in [6.45, 7) is 2.98. The minimum Gasteiger partial charge on any atom is -0.493 e. The Kier molecular flexibility index (Phi) is 8.12. The van der Waals surface area contributed by atoms with E-state index < -0.39 is 0 Å². The van der Waals surface area contributed by atoms with Gasteiger partial charge < -0.3 is 9.47 Å². The van der Waals surface area contributed by atoms with Gasteiger partial charge in [-0.15, -0.1) is 0 Å². The first kappa shape index (κ1) is 20.9. The maximum Gasteiger partial charge on any atom is 0.161 e. The highest BCUT2D eigenvalue weighted by atomic mass is 16.5. The molecule has 0 aliphatic rings. The first-order valence-electron chi connectivity index (χ1n) is 10.6. The monoisotopic (exact) mass is 389 g/mol. The molecule has 0 saturated heterocycles. The number of methoxy groups -OCH3 is 1. The van der Waals surface area contributed by atoms with Gasteiger partial charge in [0.15, 0.2) is 11.5 Å². The van der Waals surface area contributed by atoms with Crippen LogP contribution in [0.2, 0.25) is 0 Å². The van der Waals surface area contributed by atoms with E-state index in [-0.39, 0.29) is 0 Å². The molecular weight excluding hydrogens is 358 g/mol. The summed E-state index contributed by atoms with van der Waals surface area (Å²) in [7, 11) is 1.69. The van der Waals surface area contributed by atoms with Gasteiger partial charge in [0.2, 0.25) is 0 Å². The molecule has 0 amide bonds. The quantitative estimate of drug-likeness (QED) is 0.326. The first-order valence-corrected chi connectivity index (χ1v) is 10.6. The number of aromatic nitrogens is 1. The van der Waals surface area contributed by atoms with E-state index in [1.54, 1.807) is 7.11 Å². The van der Waals surface area contributed by atoms with Gasteiger partial charge in [-0.05, 0) is 42.3 Å². The van der Waals surface area contributed by atoms with Crippen molar-refractivity contribution < 1.29 is 9.47 Å². The van der Waals surface area contributed by atoms with Crippen molar-refractivity contribution in [1.82, 2.24) is 4.98 Å². The number of fused-ring (bicyclic) bond motifs is 1. The lowest BCUT2D eigenvalue weighted by atomic mass is 10.1. The minimum atomic E-state index is 0.735. The van der Waals surface area contributed by atoms with Gasteiger partial charge in [0, 0.05) is 5.39 Å². The van der Waals surface area contributed by atoms with Gasteiger partial charge in [-0.2, -0.15) is 0 Å². The molecular formula is C26H31NO2. The summed E-state index contributed by atoms with van der Waals surface area (Å²) in [5.41, 5.74) is 3.00. The fourth-order valence-corrected chi connectivity index (χ4v) is 3.33. The Balaban J connectivity index is 1.58. The van der Waals surface area contributed by atoms with Crippen LogP contribution in [0.3, 0.4) is 0 Å². The SMILES string of the molecule is CCCCCCCCOc1ccc(C=Cc2ccc3ccccc3n2)cc1OC. The average molecular weight is 390 g/mol. The van der Waals surface area contributed by atoms with Crippen LogP contribution < -0.4 is 9.47 Å². The molecule has 0 fully saturated rings.